The number of aryl methyl sites for hydroxylation is 1. The number of benzene rings is 3. The number of aromatic nitrogens is 2. The Kier molecular flexibility index (Phi) is 5.22. The first kappa shape index (κ1) is 19.2. The highest BCUT2D eigenvalue weighted by Gasteiger charge is 2.32. The summed E-state index contributed by atoms with van der Waals surface area (Å²) >= 11 is 0. The Labute approximate surface area is 178 Å². The van der Waals surface area contributed by atoms with Gasteiger partial charge in [-0.1, -0.05) is 48.5 Å². The maximum atomic E-state index is 4.75. The van der Waals surface area contributed by atoms with Crippen molar-refractivity contribution in [2.45, 2.75) is 31.6 Å². The molecule has 1 aliphatic carbocycles. The third-order valence-electron chi connectivity index (χ3n) is 6.73. The molecular formula is C27H29N3. The van der Waals surface area contributed by atoms with Crippen molar-refractivity contribution < 1.29 is 0 Å². The quantitative estimate of drug-likeness (QED) is 0.399. The van der Waals surface area contributed by atoms with E-state index in [0.29, 0.717) is 11.8 Å². The normalized spacial score (nSPS) is 18.8. The summed E-state index contributed by atoms with van der Waals surface area (Å²) in [5, 5.41) is 5.44. The minimum absolute atomic E-state index is 0.334. The molecule has 0 radical (unpaired) electrons. The van der Waals surface area contributed by atoms with Crippen molar-refractivity contribution in [3.8, 4) is 0 Å². The molecule has 5 rings (SSSR count). The number of rotatable bonds is 5. The van der Waals surface area contributed by atoms with Gasteiger partial charge < -0.3 is 4.90 Å². The standard InChI is InChI=1S/C27H29N3/c1-30(2)17-5-7-20-10-12-24-23-11-9-19-6-3-4-8-21(19)22(23)13-14-25(24)27(20)26-18-28-15-16-29-26/h3-4,6,8-9,11,13-16,18,20,27H,5,7,10,12,17H2,1-2H3. The first-order valence-corrected chi connectivity index (χ1v) is 11.1. The van der Waals surface area contributed by atoms with Crippen LogP contribution in [0.15, 0.2) is 67.1 Å². The lowest BCUT2D eigenvalue weighted by Crippen LogP contribution is -2.24. The third kappa shape index (κ3) is 3.48. The lowest BCUT2D eigenvalue weighted by Gasteiger charge is -2.34. The number of hydrogen-bond donors (Lipinski definition) is 0. The molecule has 30 heavy (non-hydrogen) atoms. The molecule has 0 fully saturated rings. The monoisotopic (exact) mass is 395 g/mol. The average molecular weight is 396 g/mol. The maximum Gasteiger partial charge on any atom is 0.0664 e. The predicted molar refractivity (Wildman–Crippen MR) is 125 cm³/mol. The largest absolute Gasteiger partial charge is 0.309 e. The zero-order valence-electron chi connectivity index (χ0n) is 17.9. The number of hydrogen-bond acceptors (Lipinski definition) is 3. The zero-order chi connectivity index (χ0) is 20.5. The highest BCUT2D eigenvalue weighted by molar-refractivity contribution is 6.08. The summed E-state index contributed by atoms with van der Waals surface area (Å²) in [6.45, 7) is 1.14. The van der Waals surface area contributed by atoms with E-state index < -0.39 is 0 Å². The molecule has 0 N–H and O–H groups in total. The molecule has 2 unspecified atom stereocenters. The van der Waals surface area contributed by atoms with Gasteiger partial charge in [-0.25, -0.2) is 0 Å². The summed E-state index contributed by atoms with van der Waals surface area (Å²) in [6, 6.07) is 18.0. The minimum Gasteiger partial charge on any atom is -0.309 e. The van der Waals surface area contributed by atoms with Crippen LogP contribution >= 0.6 is 0 Å². The fraction of sp³-hybridized carbons (Fsp3) is 0.333. The number of nitrogens with zero attached hydrogens (tertiary/aromatic N) is 3. The third-order valence-corrected chi connectivity index (χ3v) is 6.73. The van der Waals surface area contributed by atoms with Crippen LogP contribution < -0.4 is 0 Å². The van der Waals surface area contributed by atoms with E-state index in [1.165, 1.54) is 51.9 Å². The summed E-state index contributed by atoms with van der Waals surface area (Å²) in [4.78, 5) is 11.4. The summed E-state index contributed by atoms with van der Waals surface area (Å²) in [6.07, 6.45) is 10.4. The van der Waals surface area contributed by atoms with Crippen LogP contribution in [-0.4, -0.2) is 35.5 Å². The Bertz CT molecular complexity index is 1170. The van der Waals surface area contributed by atoms with Crippen LogP contribution in [0, 0.1) is 5.92 Å². The molecule has 1 aliphatic rings. The van der Waals surface area contributed by atoms with E-state index in [2.05, 4.69) is 72.5 Å². The van der Waals surface area contributed by atoms with Gasteiger partial charge in [0.05, 0.1) is 5.69 Å². The van der Waals surface area contributed by atoms with E-state index in [-0.39, 0.29) is 0 Å². The molecule has 1 heterocycles. The smallest absolute Gasteiger partial charge is 0.0664 e. The van der Waals surface area contributed by atoms with Crippen LogP contribution in [0.25, 0.3) is 21.5 Å². The summed E-state index contributed by atoms with van der Waals surface area (Å²) < 4.78 is 0. The average Bonchev–Trinajstić information content (AvgIpc) is 2.78. The van der Waals surface area contributed by atoms with Gasteiger partial charge in [0.2, 0.25) is 0 Å². The zero-order valence-corrected chi connectivity index (χ0v) is 17.9. The van der Waals surface area contributed by atoms with Crippen LogP contribution in [-0.2, 0) is 6.42 Å². The molecule has 2 atom stereocenters. The summed E-state index contributed by atoms with van der Waals surface area (Å²) in [7, 11) is 4.32. The van der Waals surface area contributed by atoms with Gasteiger partial charge in [0, 0.05) is 24.5 Å². The van der Waals surface area contributed by atoms with Gasteiger partial charge in [0.1, 0.15) is 0 Å². The van der Waals surface area contributed by atoms with Gasteiger partial charge in [-0.2, -0.15) is 0 Å². The Hall–Kier alpha value is -2.78. The topological polar surface area (TPSA) is 29.0 Å². The van der Waals surface area contributed by atoms with Gasteiger partial charge >= 0.3 is 0 Å². The van der Waals surface area contributed by atoms with Crippen molar-refractivity contribution in [2.24, 2.45) is 5.92 Å². The van der Waals surface area contributed by atoms with E-state index in [1.54, 1.807) is 6.20 Å². The molecule has 0 saturated heterocycles. The second-order valence-electron chi connectivity index (χ2n) is 8.87. The first-order chi connectivity index (χ1) is 14.7. The molecule has 0 amide bonds. The molecule has 4 aromatic rings. The van der Waals surface area contributed by atoms with E-state index in [0.717, 1.165) is 18.7 Å². The highest BCUT2D eigenvalue weighted by atomic mass is 15.0. The molecule has 1 aromatic heterocycles. The van der Waals surface area contributed by atoms with Crippen molar-refractivity contribution in [1.29, 1.82) is 0 Å². The molecule has 0 spiro atoms. The second-order valence-corrected chi connectivity index (χ2v) is 8.87. The first-order valence-electron chi connectivity index (χ1n) is 11.1. The van der Waals surface area contributed by atoms with Gasteiger partial charge in [0.15, 0.2) is 0 Å². The molecule has 3 heteroatoms. The van der Waals surface area contributed by atoms with Crippen LogP contribution in [0.5, 0.6) is 0 Å². The van der Waals surface area contributed by atoms with Crippen molar-refractivity contribution in [1.82, 2.24) is 14.9 Å². The summed E-state index contributed by atoms with van der Waals surface area (Å²) in [5.74, 6) is 0.951. The molecule has 152 valence electrons. The molecular weight excluding hydrogens is 366 g/mol. The fourth-order valence-electron chi connectivity index (χ4n) is 5.34. The second kappa shape index (κ2) is 8.16. The lowest BCUT2D eigenvalue weighted by atomic mass is 9.70. The van der Waals surface area contributed by atoms with E-state index >= 15 is 0 Å². The van der Waals surface area contributed by atoms with Crippen LogP contribution in [0.4, 0.5) is 0 Å². The maximum absolute atomic E-state index is 4.75. The van der Waals surface area contributed by atoms with Crippen molar-refractivity contribution in [3.05, 3.63) is 83.9 Å². The molecule has 3 aromatic carbocycles. The van der Waals surface area contributed by atoms with Crippen LogP contribution in [0.2, 0.25) is 0 Å². The highest BCUT2D eigenvalue weighted by Crippen LogP contribution is 2.45. The Morgan fingerprint density at radius 3 is 2.63 bits per heavy atom. The van der Waals surface area contributed by atoms with Crippen LogP contribution in [0.1, 0.15) is 42.0 Å². The fourth-order valence-corrected chi connectivity index (χ4v) is 5.34. The van der Waals surface area contributed by atoms with Gasteiger partial charge in [0.25, 0.3) is 0 Å². The molecule has 3 nitrogen and oxygen atoms in total. The lowest BCUT2D eigenvalue weighted by molar-refractivity contribution is 0.328. The van der Waals surface area contributed by atoms with Crippen LogP contribution in [0.3, 0.4) is 0 Å². The van der Waals surface area contributed by atoms with Gasteiger partial charge in [-0.3, -0.25) is 9.97 Å². The van der Waals surface area contributed by atoms with Crippen molar-refractivity contribution in [3.63, 3.8) is 0 Å². The van der Waals surface area contributed by atoms with Gasteiger partial charge in [-0.15, -0.1) is 0 Å². The molecule has 0 saturated carbocycles. The van der Waals surface area contributed by atoms with Gasteiger partial charge in [-0.05, 0) is 84.9 Å². The predicted octanol–water partition coefficient (Wildman–Crippen LogP) is 5.82. The number of fused-ring (bicyclic) bond motifs is 5. The van der Waals surface area contributed by atoms with E-state index in [1.807, 2.05) is 12.4 Å². The van der Waals surface area contributed by atoms with E-state index in [9.17, 15) is 0 Å². The minimum atomic E-state index is 0.334. The molecule has 0 bridgehead atoms. The van der Waals surface area contributed by atoms with Crippen molar-refractivity contribution in [2.75, 3.05) is 20.6 Å². The summed E-state index contributed by atoms with van der Waals surface area (Å²) in [5.41, 5.74) is 4.09. The van der Waals surface area contributed by atoms with E-state index in [4.69, 9.17) is 4.98 Å². The Balaban J connectivity index is 1.62. The van der Waals surface area contributed by atoms with Crippen molar-refractivity contribution >= 4 is 21.5 Å². The Morgan fingerprint density at radius 2 is 1.80 bits per heavy atom. The SMILES string of the molecule is CN(C)CCCC1CCc2c(ccc3c2ccc2ccccc23)C1c1cnccn1. The Morgan fingerprint density at radius 1 is 0.933 bits per heavy atom. The molecule has 0 aliphatic heterocycles.